The van der Waals surface area contributed by atoms with E-state index in [0.717, 1.165) is 50.6 Å². The fraction of sp³-hybridized carbons (Fsp3) is 0.619. The summed E-state index contributed by atoms with van der Waals surface area (Å²) in [6, 6.07) is 8.33. The molecule has 0 spiro atoms. The monoisotopic (exact) mass is 404 g/mol. The molecule has 0 bridgehead atoms. The number of hydrogen-bond acceptors (Lipinski definition) is 4. The molecule has 2 fully saturated rings. The summed E-state index contributed by atoms with van der Waals surface area (Å²) < 4.78 is 5.55. The SMILES string of the molecule is CCNC(=NCC1CCCS1)NCCc1ccc(OCC(=O)NC2CC2)cc1. The summed E-state index contributed by atoms with van der Waals surface area (Å²) in [5, 5.41) is 10.3. The summed E-state index contributed by atoms with van der Waals surface area (Å²) in [7, 11) is 0. The molecular formula is C21H32N4O2S. The van der Waals surface area contributed by atoms with Crippen molar-refractivity contribution in [3.8, 4) is 5.75 Å². The van der Waals surface area contributed by atoms with Crippen LogP contribution >= 0.6 is 11.8 Å². The van der Waals surface area contributed by atoms with Crippen molar-refractivity contribution in [2.75, 3.05) is 32.0 Å². The number of carbonyl (C=O) groups excluding carboxylic acids is 1. The van der Waals surface area contributed by atoms with Crippen LogP contribution in [0.4, 0.5) is 0 Å². The molecule has 3 N–H and O–H groups in total. The molecule has 28 heavy (non-hydrogen) atoms. The molecule has 1 saturated heterocycles. The van der Waals surface area contributed by atoms with Crippen LogP contribution in [0.15, 0.2) is 29.3 Å². The van der Waals surface area contributed by atoms with Crippen molar-refractivity contribution in [2.45, 2.75) is 50.3 Å². The number of rotatable bonds is 10. The van der Waals surface area contributed by atoms with Gasteiger partial charge in [0, 0.05) is 24.4 Å². The predicted molar refractivity (Wildman–Crippen MR) is 116 cm³/mol. The zero-order valence-electron chi connectivity index (χ0n) is 16.7. The Kier molecular flexibility index (Phi) is 8.33. The molecule has 1 atom stereocenters. The van der Waals surface area contributed by atoms with Crippen LogP contribution in [0.25, 0.3) is 0 Å². The van der Waals surface area contributed by atoms with Gasteiger partial charge in [-0.3, -0.25) is 9.79 Å². The second kappa shape index (κ2) is 11.2. The van der Waals surface area contributed by atoms with E-state index in [9.17, 15) is 4.79 Å². The Bertz CT molecular complexity index is 640. The molecule has 7 heteroatoms. The summed E-state index contributed by atoms with van der Waals surface area (Å²) in [4.78, 5) is 16.4. The maximum atomic E-state index is 11.7. The van der Waals surface area contributed by atoms with Crippen LogP contribution < -0.4 is 20.7 Å². The number of amides is 1. The van der Waals surface area contributed by atoms with Gasteiger partial charge in [-0.1, -0.05) is 12.1 Å². The van der Waals surface area contributed by atoms with Crippen molar-refractivity contribution in [2.24, 2.45) is 4.99 Å². The van der Waals surface area contributed by atoms with Crippen LogP contribution in [-0.2, 0) is 11.2 Å². The molecule has 0 aromatic heterocycles. The van der Waals surface area contributed by atoms with E-state index in [2.05, 4.69) is 35.0 Å². The number of guanidine groups is 1. The average molecular weight is 405 g/mol. The minimum Gasteiger partial charge on any atom is -0.484 e. The van der Waals surface area contributed by atoms with Gasteiger partial charge in [0.05, 0.1) is 6.54 Å². The highest BCUT2D eigenvalue weighted by Crippen LogP contribution is 2.26. The second-order valence-corrected chi connectivity index (χ2v) is 8.71. The lowest BCUT2D eigenvalue weighted by Crippen LogP contribution is -2.38. The molecule has 1 aromatic carbocycles. The predicted octanol–water partition coefficient (Wildman–Crippen LogP) is 2.34. The normalized spacial score (nSPS) is 19.3. The molecular weight excluding hydrogens is 372 g/mol. The van der Waals surface area contributed by atoms with E-state index in [0.29, 0.717) is 11.3 Å². The Morgan fingerprint density at radius 3 is 2.71 bits per heavy atom. The van der Waals surface area contributed by atoms with Crippen LogP contribution in [0.2, 0.25) is 0 Å². The lowest BCUT2D eigenvalue weighted by molar-refractivity contribution is -0.123. The van der Waals surface area contributed by atoms with E-state index in [1.165, 1.54) is 24.2 Å². The zero-order chi connectivity index (χ0) is 19.6. The van der Waals surface area contributed by atoms with Crippen molar-refractivity contribution in [1.82, 2.24) is 16.0 Å². The van der Waals surface area contributed by atoms with Crippen molar-refractivity contribution < 1.29 is 9.53 Å². The molecule has 1 saturated carbocycles. The highest BCUT2D eigenvalue weighted by molar-refractivity contribution is 8.00. The third-order valence-electron chi connectivity index (χ3n) is 4.76. The summed E-state index contributed by atoms with van der Waals surface area (Å²) in [6.07, 6.45) is 5.69. The quantitative estimate of drug-likeness (QED) is 0.412. The molecule has 1 aromatic rings. The van der Waals surface area contributed by atoms with Gasteiger partial charge < -0.3 is 20.7 Å². The van der Waals surface area contributed by atoms with Gasteiger partial charge in [-0.2, -0.15) is 11.8 Å². The highest BCUT2D eigenvalue weighted by atomic mass is 32.2. The molecule has 0 radical (unpaired) electrons. The third-order valence-corrected chi connectivity index (χ3v) is 6.14. The molecule has 2 aliphatic rings. The van der Waals surface area contributed by atoms with Crippen LogP contribution in [0.5, 0.6) is 5.75 Å². The number of benzene rings is 1. The summed E-state index contributed by atoms with van der Waals surface area (Å²) in [5.74, 6) is 2.86. The number of aliphatic imine (C=N–C) groups is 1. The van der Waals surface area contributed by atoms with Gasteiger partial charge in [-0.15, -0.1) is 0 Å². The van der Waals surface area contributed by atoms with E-state index in [1.807, 2.05) is 23.9 Å². The first-order chi connectivity index (χ1) is 13.7. The van der Waals surface area contributed by atoms with E-state index in [4.69, 9.17) is 9.73 Å². The third kappa shape index (κ3) is 7.62. The van der Waals surface area contributed by atoms with Crippen LogP contribution in [0.1, 0.15) is 38.2 Å². The van der Waals surface area contributed by atoms with Crippen LogP contribution in [-0.4, -0.2) is 55.2 Å². The molecule has 154 valence electrons. The molecule has 1 amide bonds. The van der Waals surface area contributed by atoms with E-state index in [-0.39, 0.29) is 12.5 Å². The number of thioether (sulfide) groups is 1. The Hall–Kier alpha value is -1.89. The minimum atomic E-state index is -0.0398. The lowest BCUT2D eigenvalue weighted by atomic mass is 10.1. The summed E-state index contributed by atoms with van der Waals surface area (Å²) >= 11 is 2.04. The van der Waals surface area contributed by atoms with Gasteiger partial charge in [-0.25, -0.2) is 0 Å². The first kappa shape index (κ1) is 20.8. The first-order valence-corrected chi connectivity index (χ1v) is 11.4. The van der Waals surface area contributed by atoms with Gasteiger partial charge in [0.1, 0.15) is 5.75 Å². The van der Waals surface area contributed by atoms with Gasteiger partial charge in [-0.05, 0) is 62.5 Å². The van der Waals surface area contributed by atoms with Gasteiger partial charge in [0.15, 0.2) is 12.6 Å². The summed E-state index contributed by atoms with van der Waals surface area (Å²) in [6.45, 7) is 4.75. The first-order valence-electron chi connectivity index (χ1n) is 10.4. The second-order valence-electron chi connectivity index (χ2n) is 7.31. The lowest BCUT2D eigenvalue weighted by Gasteiger charge is -2.13. The van der Waals surface area contributed by atoms with Crippen LogP contribution in [0, 0.1) is 0 Å². The molecule has 1 aliphatic heterocycles. The van der Waals surface area contributed by atoms with Gasteiger partial charge >= 0.3 is 0 Å². The number of nitrogens with one attached hydrogen (secondary N) is 3. The van der Waals surface area contributed by atoms with Gasteiger partial charge in [0.25, 0.3) is 5.91 Å². The summed E-state index contributed by atoms with van der Waals surface area (Å²) in [5.41, 5.74) is 1.23. The number of carbonyl (C=O) groups is 1. The number of hydrogen-bond donors (Lipinski definition) is 3. The Morgan fingerprint density at radius 2 is 2.04 bits per heavy atom. The Labute approximate surface area is 172 Å². The molecule has 3 rings (SSSR count). The topological polar surface area (TPSA) is 74.8 Å². The van der Waals surface area contributed by atoms with Crippen LogP contribution in [0.3, 0.4) is 0 Å². The molecule has 6 nitrogen and oxygen atoms in total. The zero-order valence-corrected chi connectivity index (χ0v) is 17.5. The maximum absolute atomic E-state index is 11.7. The van der Waals surface area contributed by atoms with Crippen molar-refractivity contribution in [3.63, 3.8) is 0 Å². The minimum absolute atomic E-state index is 0.0398. The fourth-order valence-electron chi connectivity index (χ4n) is 3.05. The van der Waals surface area contributed by atoms with Gasteiger partial charge in [0.2, 0.25) is 0 Å². The van der Waals surface area contributed by atoms with E-state index < -0.39 is 0 Å². The van der Waals surface area contributed by atoms with Crippen molar-refractivity contribution in [3.05, 3.63) is 29.8 Å². The maximum Gasteiger partial charge on any atom is 0.258 e. The Balaban J connectivity index is 1.36. The average Bonchev–Trinajstić information content (AvgIpc) is 3.36. The molecule has 1 heterocycles. The van der Waals surface area contributed by atoms with E-state index in [1.54, 1.807) is 0 Å². The standard InChI is InChI=1S/C21H32N4O2S/c1-2-22-21(24-14-19-4-3-13-28-19)23-12-11-16-5-9-18(10-6-16)27-15-20(26)25-17-7-8-17/h5-6,9-10,17,19H,2-4,7-8,11-15H2,1H3,(H,25,26)(H2,22,23,24). The number of nitrogens with zero attached hydrogens (tertiary/aromatic N) is 1. The largest absolute Gasteiger partial charge is 0.484 e. The van der Waals surface area contributed by atoms with Crippen molar-refractivity contribution in [1.29, 1.82) is 0 Å². The van der Waals surface area contributed by atoms with E-state index >= 15 is 0 Å². The fourth-order valence-corrected chi connectivity index (χ4v) is 4.23. The molecule has 1 unspecified atom stereocenters. The highest BCUT2D eigenvalue weighted by Gasteiger charge is 2.23. The smallest absolute Gasteiger partial charge is 0.258 e. The Morgan fingerprint density at radius 1 is 1.21 bits per heavy atom. The number of ether oxygens (including phenoxy) is 1. The van der Waals surface area contributed by atoms with Crippen molar-refractivity contribution >= 4 is 23.6 Å². The molecule has 1 aliphatic carbocycles.